The first-order valence-electron chi connectivity index (χ1n) is 18.5. The van der Waals surface area contributed by atoms with Crippen molar-refractivity contribution in [2.45, 2.75) is 213 Å². The van der Waals surface area contributed by atoms with Crippen molar-refractivity contribution in [3.63, 3.8) is 0 Å². The topological polar surface area (TPSA) is 6.48 Å². The molecule has 0 spiro atoms. The molecule has 39 heavy (non-hydrogen) atoms. The van der Waals surface area contributed by atoms with Crippen molar-refractivity contribution < 1.29 is 0 Å². The first-order valence-corrected chi connectivity index (χ1v) is 18.5. The van der Waals surface area contributed by atoms with Gasteiger partial charge < -0.3 is 9.80 Å². The van der Waals surface area contributed by atoms with Crippen LogP contribution in [0.4, 0.5) is 0 Å². The van der Waals surface area contributed by atoms with Crippen molar-refractivity contribution in [3.8, 4) is 0 Å². The van der Waals surface area contributed by atoms with Gasteiger partial charge in [-0.3, -0.25) is 0 Å². The molecule has 0 fully saturated rings. The van der Waals surface area contributed by atoms with Crippen molar-refractivity contribution in [2.24, 2.45) is 0 Å². The van der Waals surface area contributed by atoms with E-state index in [4.69, 9.17) is 0 Å². The second kappa shape index (κ2) is 28.9. The fourth-order valence-corrected chi connectivity index (χ4v) is 6.36. The van der Waals surface area contributed by atoms with Crippen LogP contribution in [-0.4, -0.2) is 29.1 Å². The van der Waals surface area contributed by atoms with Gasteiger partial charge in [-0.2, -0.15) is 0 Å². The Morgan fingerprint density at radius 3 is 0.923 bits per heavy atom. The molecule has 0 aromatic carbocycles. The molecule has 1 aliphatic heterocycles. The average molecular weight is 547 g/mol. The molecule has 1 unspecified atom stereocenters. The van der Waals surface area contributed by atoms with Crippen molar-refractivity contribution in [1.82, 2.24) is 9.80 Å². The molecule has 2 nitrogen and oxygen atoms in total. The van der Waals surface area contributed by atoms with Crippen LogP contribution < -0.4 is 0 Å². The molecular weight excluding hydrogens is 472 g/mol. The predicted molar refractivity (Wildman–Crippen MR) is 177 cm³/mol. The van der Waals surface area contributed by atoms with Crippen LogP contribution in [-0.2, 0) is 0 Å². The highest BCUT2D eigenvalue weighted by atomic mass is 15.4. The van der Waals surface area contributed by atoms with Gasteiger partial charge in [0.1, 0.15) is 6.17 Å². The SMILES string of the molecule is CCCCCCCCCCCCCCCCCCCN1C=CN(CCCCCC)C1CCCCCCCCC. The van der Waals surface area contributed by atoms with Crippen LogP contribution >= 0.6 is 0 Å². The van der Waals surface area contributed by atoms with E-state index in [1.807, 2.05) is 0 Å². The standard InChI is InChI=1S/C37H74N2/c1-4-7-10-13-15-16-17-18-19-20-21-22-23-24-26-28-31-34-39-36-35-38(33-30-12-9-6-3)37(39)32-29-27-25-14-11-8-5-2/h35-37H,4-34H2,1-3H3. The van der Waals surface area contributed by atoms with Gasteiger partial charge in [-0.05, 0) is 25.7 Å². The number of hydrogen-bond acceptors (Lipinski definition) is 2. The molecule has 0 bridgehead atoms. The first kappa shape index (κ1) is 36.4. The van der Waals surface area contributed by atoms with Crippen LogP contribution in [0.1, 0.15) is 207 Å². The summed E-state index contributed by atoms with van der Waals surface area (Å²) >= 11 is 0. The van der Waals surface area contributed by atoms with Gasteiger partial charge in [-0.25, -0.2) is 0 Å². The Labute approximate surface area is 248 Å². The van der Waals surface area contributed by atoms with Crippen LogP contribution in [0.5, 0.6) is 0 Å². The molecule has 0 amide bonds. The maximum atomic E-state index is 2.70. The maximum absolute atomic E-state index is 2.70. The second-order valence-electron chi connectivity index (χ2n) is 12.9. The molecule has 0 saturated heterocycles. The highest BCUT2D eigenvalue weighted by Crippen LogP contribution is 2.24. The van der Waals surface area contributed by atoms with Gasteiger partial charge in [0.25, 0.3) is 0 Å². The zero-order chi connectivity index (χ0) is 28.1. The molecule has 0 saturated carbocycles. The summed E-state index contributed by atoms with van der Waals surface area (Å²) in [5.74, 6) is 0. The monoisotopic (exact) mass is 547 g/mol. The third-order valence-corrected chi connectivity index (χ3v) is 9.07. The van der Waals surface area contributed by atoms with E-state index in [0.717, 1.165) is 0 Å². The van der Waals surface area contributed by atoms with Gasteiger partial charge in [0.2, 0.25) is 0 Å². The molecule has 0 aromatic heterocycles. The van der Waals surface area contributed by atoms with Gasteiger partial charge in [-0.15, -0.1) is 0 Å². The summed E-state index contributed by atoms with van der Waals surface area (Å²) in [4.78, 5) is 5.38. The van der Waals surface area contributed by atoms with E-state index in [1.165, 1.54) is 199 Å². The van der Waals surface area contributed by atoms with Crippen molar-refractivity contribution in [1.29, 1.82) is 0 Å². The minimum atomic E-state index is 0.642. The van der Waals surface area contributed by atoms with Crippen LogP contribution in [0.25, 0.3) is 0 Å². The van der Waals surface area contributed by atoms with Gasteiger partial charge >= 0.3 is 0 Å². The van der Waals surface area contributed by atoms with E-state index in [2.05, 4.69) is 43.0 Å². The van der Waals surface area contributed by atoms with Gasteiger partial charge in [0, 0.05) is 25.5 Å². The lowest BCUT2D eigenvalue weighted by atomic mass is 10.0. The van der Waals surface area contributed by atoms with E-state index < -0.39 is 0 Å². The molecule has 2 heteroatoms. The summed E-state index contributed by atoms with van der Waals surface area (Å²) in [7, 11) is 0. The fourth-order valence-electron chi connectivity index (χ4n) is 6.36. The largest absolute Gasteiger partial charge is 0.356 e. The molecule has 0 aromatic rings. The van der Waals surface area contributed by atoms with E-state index >= 15 is 0 Å². The zero-order valence-electron chi connectivity index (χ0n) is 27.5. The summed E-state index contributed by atoms with van der Waals surface area (Å²) in [6.45, 7) is 9.47. The Hall–Kier alpha value is -0.660. The Kier molecular flexibility index (Phi) is 26.9. The van der Waals surface area contributed by atoms with E-state index in [0.29, 0.717) is 6.17 Å². The highest BCUT2D eigenvalue weighted by Gasteiger charge is 2.24. The fraction of sp³-hybridized carbons (Fsp3) is 0.946. The number of hydrogen-bond donors (Lipinski definition) is 0. The van der Waals surface area contributed by atoms with Gasteiger partial charge in [-0.1, -0.05) is 181 Å². The smallest absolute Gasteiger partial charge is 0.101 e. The molecule has 1 aliphatic rings. The summed E-state index contributed by atoms with van der Waals surface area (Å²) in [6, 6.07) is 0. The van der Waals surface area contributed by atoms with E-state index in [1.54, 1.807) is 0 Å². The molecule has 232 valence electrons. The van der Waals surface area contributed by atoms with Crippen LogP contribution in [0.2, 0.25) is 0 Å². The van der Waals surface area contributed by atoms with Gasteiger partial charge in [0.15, 0.2) is 0 Å². The Morgan fingerprint density at radius 1 is 0.333 bits per heavy atom. The summed E-state index contributed by atoms with van der Waals surface area (Å²) in [5, 5.41) is 0. The summed E-state index contributed by atoms with van der Waals surface area (Å²) in [5.41, 5.74) is 0. The first-order chi connectivity index (χ1) is 19.3. The normalized spacial score (nSPS) is 15.2. The predicted octanol–water partition coefficient (Wildman–Crippen LogP) is 12.8. The minimum absolute atomic E-state index is 0.642. The average Bonchev–Trinajstić information content (AvgIpc) is 3.33. The van der Waals surface area contributed by atoms with E-state index in [-0.39, 0.29) is 0 Å². The maximum Gasteiger partial charge on any atom is 0.101 e. The number of nitrogens with zero attached hydrogens (tertiary/aromatic N) is 2. The summed E-state index contributed by atoms with van der Waals surface area (Å²) < 4.78 is 0. The van der Waals surface area contributed by atoms with Gasteiger partial charge in [0.05, 0.1) is 0 Å². The molecule has 1 heterocycles. The lowest BCUT2D eigenvalue weighted by Gasteiger charge is -2.33. The third kappa shape index (κ3) is 21.7. The lowest BCUT2D eigenvalue weighted by molar-refractivity contribution is 0.135. The van der Waals surface area contributed by atoms with E-state index in [9.17, 15) is 0 Å². The molecule has 0 N–H and O–H groups in total. The summed E-state index contributed by atoms with van der Waals surface area (Å²) in [6.07, 6.45) is 47.0. The Bertz CT molecular complexity index is 502. The van der Waals surface area contributed by atoms with Crippen molar-refractivity contribution in [2.75, 3.05) is 13.1 Å². The Balaban J connectivity index is 2.06. The molecule has 1 atom stereocenters. The van der Waals surface area contributed by atoms with Crippen LogP contribution in [0, 0.1) is 0 Å². The molecule has 1 rings (SSSR count). The quantitative estimate of drug-likeness (QED) is 0.0798. The van der Waals surface area contributed by atoms with Crippen molar-refractivity contribution in [3.05, 3.63) is 12.4 Å². The Morgan fingerprint density at radius 2 is 0.590 bits per heavy atom. The number of rotatable bonds is 31. The minimum Gasteiger partial charge on any atom is -0.356 e. The van der Waals surface area contributed by atoms with Crippen LogP contribution in [0.3, 0.4) is 0 Å². The molecular formula is C37H74N2. The zero-order valence-corrected chi connectivity index (χ0v) is 27.5. The lowest BCUT2D eigenvalue weighted by Crippen LogP contribution is -2.39. The second-order valence-corrected chi connectivity index (χ2v) is 12.9. The molecule has 0 aliphatic carbocycles. The van der Waals surface area contributed by atoms with Crippen LogP contribution in [0.15, 0.2) is 12.4 Å². The van der Waals surface area contributed by atoms with Crippen molar-refractivity contribution >= 4 is 0 Å². The number of unbranched alkanes of at least 4 members (excludes halogenated alkanes) is 25. The third-order valence-electron chi connectivity index (χ3n) is 9.07. The molecule has 0 radical (unpaired) electrons. The highest BCUT2D eigenvalue weighted by molar-refractivity contribution is 4.97.